The number of aliphatic imine (C=N–C) groups is 1. The number of halogens is 1. The Hall–Kier alpha value is -0.870. The monoisotopic (exact) mass is 454 g/mol. The molecule has 0 bridgehead atoms. The Kier molecular flexibility index (Phi) is 8.50. The van der Waals surface area contributed by atoms with Gasteiger partial charge in [-0.3, -0.25) is 4.99 Å². The fourth-order valence-corrected chi connectivity index (χ4v) is 2.61. The van der Waals surface area contributed by atoms with Crippen molar-refractivity contribution in [2.75, 3.05) is 21.1 Å². The van der Waals surface area contributed by atoms with Gasteiger partial charge in [-0.15, -0.1) is 24.0 Å². The molecule has 0 radical (unpaired) electrons. The molecule has 0 unspecified atom stereocenters. The number of sulfonamides is 1. The van der Waals surface area contributed by atoms with E-state index in [1.807, 2.05) is 0 Å². The van der Waals surface area contributed by atoms with Gasteiger partial charge in [0.05, 0.1) is 4.90 Å². The van der Waals surface area contributed by atoms with Crippen molar-refractivity contribution in [2.45, 2.75) is 37.8 Å². The van der Waals surface area contributed by atoms with Gasteiger partial charge < -0.3 is 10.6 Å². The Morgan fingerprint density at radius 1 is 1.17 bits per heavy atom. The summed E-state index contributed by atoms with van der Waals surface area (Å²) in [5, 5.41) is 6.47. The lowest BCUT2D eigenvalue weighted by Crippen LogP contribution is -2.47. The molecule has 0 heterocycles. The Balaban J connectivity index is 0.00000484. The normalized spacial score (nSPS) is 12.7. The van der Waals surface area contributed by atoms with Crippen LogP contribution in [0.1, 0.15) is 26.3 Å². The summed E-state index contributed by atoms with van der Waals surface area (Å²) in [6.07, 6.45) is 0. The number of nitrogens with zero attached hydrogens (tertiary/aromatic N) is 2. The predicted octanol–water partition coefficient (Wildman–Crippen LogP) is 2.02. The number of rotatable bonds is 4. The van der Waals surface area contributed by atoms with E-state index in [9.17, 15) is 8.42 Å². The van der Waals surface area contributed by atoms with E-state index in [0.29, 0.717) is 17.4 Å². The first-order valence-electron chi connectivity index (χ1n) is 7.06. The molecule has 8 heteroatoms. The Labute approximate surface area is 156 Å². The van der Waals surface area contributed by atoms with Crippen LogP contribution < -0.4 is 10.6 Å². The molecule has 0 spiro atoms. The van der Waals surface area contributed by atoms with Gasteiger partial charge in [0.15, 0.2) is 5.96 Å². The largest absolute Gasteiger partial charge is 0.352 e. The van der Waals surface area contributed by atoms with Crippen molar-refractivity contribution in [2.24, 2.45) is 4.99 Å². The molecule has 0 fully saturated rings. The molecule has 2 N–H and O–H groups in total. The maximum Gasteiger partial charge on any atom is 0.242 e. The third kappa shape index (κ3) is 7.05. The van der Waals surface area contributed by atoms with Crippen LogP contribution in [-0.2, 0) is 16.6 Å². The van der Waals surface area contributed by atoms with Gasteiger partial charge >= 0.3 is 0 Å². The molecule has 6 nitrogen and oxygen atoms in total. The maximum atomic E-state index is 12.0. The van der Waals surface area contributed by atoms with Crippen LogP contribution in [0.5, 0.6) is 0 Å². The molecule has 0 aliphatic rings. The van der Waals surface area contributed by atoms with Crippen molar-refractivity contribution in [3.8, 4) is 0 Å². The molecule has 1 rings (SSSR count). The van der Waals surface area contributed by atoms with E-state index in [0.717, 1.165) is 5.56 Å². The number of hydrogen-bond acceptors (Lipinski definition) is 3. The lowest BCUT2D eigenvalue weighted by molar-refractivity contribution is 0.501. The average Bonchev–Trinajstić information content (AvgIpc) is 2.42. The molecule has 1 aromatic carbocycles. The highest BCUT2D eigenvalue weighted by Crippen LogP contribution is 2.13. The van der Waals surface area contributed by atoms with Gasteiger partial charge in [-0.05, 0) is 38.5 Å². The van der Waals surface area contributed by atoms with Crippen molar-refractivity contribution >= 4 is 40.0 Å². The zero-order valence-corrected chi connectivity index (χ0v) is 17.7. The lowest BCUT2D eigenvalue weighted by atomic mass is 10.1. The summed E-state index contributed by atoms with van der Waals surface area (Å²) < 4.78 is 25.2. The van der Waals surface area contributed by atoms with Crippen molar-refractivity contribution < 1.29 is 8.42 Å². The molecule has 0 amide bonds. The van der Waals surface area contributed by atoms with Crippen LogP contribution in [0.25, 0.3) is 0 Å². The van der Waals surface area contributed by atoms with Gasteiger partial charge in [-0.25, -0.2) is 12.7 Å². The van der Waals surface area contributed by atoms with E-state index >= 15 is 0 Å². The summed E-state index contributed by atoms with van der Waals surface area (Å²) in [6, 6.07) is 6.83. The quantitative estimate of drug-likeness (QED) is 0.415. The van der Waals surface area contributed by atoms with Gasteiger partial charge in [0, 0.05) is 33.2 Å². The molecule has 1 aromatic rings. The van der Waals surface area contributed by atoms with Crippen molar-refractivity contribution in [3.05, 3.63) is 29.8 Å². The van der Waals surface area contributed by atoms with Crippen LogP contribution in [0, 0.1) is 0 Å². The van der Waals surface area contributed by atoms with Crippen LogP contribution in [0.15, 0.2) is 34.2 Å². The molecule has 0 aromatic heterocycles. The minimum Gasteiger partial charge on any atom is -0.352 e. The molecular weight excluding hydrogens is 427 g/mol. The third-order valence-electron chi connectivity index (χ3n) is 2.88. The average molecular weight is 454 g/mol. The van der Waals surface area contributed by atoms with Gasteiger partial charge in [0.2, 0.25) is 10.0 Å². The molecule has 0 aliphatic carbocycles. The van der Waals surface area contributed by atoms with Crippen molar-refractivity contribution in [1.82, 2.24) is 14.9 Å². The Morgan fingerprint density at radius 2 is 1.70 bits per heavy atom. The smallest absolute Gasteiger partial charge is 0.242 e. The van der Waals surface area contributed by atoms with Crippen LogP contribution in [0.3, 0.4) is 0 Å². The first-order chi connectivity index (χ1) is 10.1. The Bertz CT molecular complexity index is 620. The first-order valence-corrected chi connectivity index (χ1v) is 8.50. The predicted molar refractivity (Wildman–Crippen MR) is 106 cm³/mol. The highest BCUT2D eigenvalue weighted by Gasteiger charge is 2.16. The Morgan fingerprint density at radius 3 is 2.09 bits per heavy atom. The zero-order chi connectivity index (χ0) is 17.0. The van der Waals surface area contributed by atoms with Crippen molar-refractivity contribution in [3.63, 3.8) is 0 Å². The molecule has 0 atom stereocenters. The summed E-state index contributed by atoms with van der Waals surface area (Å²) in [5.74, 6) is 0.706. The number of benzene rings is 1. The minimum absolute atomic E-state index is 0. The number of hydrogen-bond donors (Lipinski definition) is 2. The molecule has 0 saturated carbocycles. The van der Waals surface area contributed by atoms with Crippen LogP contribution in [0.4, 0.5) is 0 Å². The SMILES string of the molecule is CN=C(NCc1ccc(S(=O)(=O)N(C)C)cc1)NC(C)(C)C.I. The van der Waals surface area contributed by atoms with E-state index in [4.69, 9.17) is 0 Å². The van der Waals surface area contributed by atoms with E-state index in [1.54, 1.807) is 31.3 Å². The van der Waals surface area contributed by atoms with Crippen LogP contribution in [-0.4, -0.2) is 45.4 Å². The fourth-order valence-electron chi connectivity index (χ4n) is 1.71. The number of nitrogens with one attached hydrogen (secondary N) is 2. The van der Waals surface area contributed by atoms with E-state index in [-0.39, 0.29) is 29.5 Å². The molecule has 23 heavy (non-hydrogen) atoms. The van der Waals surface area contributed by atoms with E-state index in [1.165, 1.54) is 18.4 Å². The minimum atomic E-state index is -3.38. The molecule has 0 saturated heterocycles. The van der Waals surface area contributed by atoms with Gasteiger partial charge in [-0.1, -0.05) is 12.1 Å². The second-order valence-electron chi connectivity index (χ2n) is 6.23. The van der Waals surface area contributed by atoms with E-state index < -0.39 is 10.0 Å². The summed E-state index contributed by atoms with van der Waals surface area (Å²) in [5.41, 5.74) is 0.903. The van der Waals surface area contributed by atoms with Gasteiger partial charge in [0.25, 0.3) is 0 Å². The topological polar surface area (TPSA) is 73.8 Å². The van der Waals surface area contributed by atoms with Crippen LogP contribution >= 0.6 is 24.0 Å². The summed E-state index contributed by atoms with van der Waals surface area (Å²) in [6.45, 7) is 6.74. The van der Waals surface area contributed by atoms with Gasteiger partial charge in [-0.2, -0.15) is 0 Å². The van der Waals surface area contributed by atoms with E-state index in [2.05, 4.69) is 36.4 Å². The first kappa shape index (κ1) is 22.1. The standard InChI is InChI=1S/C15H26N4O2S.HI/c1-15(2,3)18-14(16-4)17-11-12-7-9-13(10-8-12)22(20,21)19(5)6;/h7-10H,11H2,1-6H3,(H2,16,17,18);1H. The highest BCUT2D eigenvalue weighted by molar-refractivity contribution is 14.0. The third-order valence-corrected chi connectivity index (χ3v) is 4.71. The van der Waals surface area contributed by atoms with Gasteiger partial charge in [0.1, 0.15) is 0 Å². The number of guanidine groups is 1. The molecule has 132 valence electrons. The lowest BCUT2D eigenvalue weighted by Gasteiger charge is -2.23. The zero-order valence-electron chi connectivity index (χ0n) is 14.5. The molecular formula is C15H27IN4O2S. The summed E-state index contributed by atoms with van der Waals surface area (Å²) >= 11 is 0. The summed E-state index contributed by atoms with van der Waals surface area (Å²) in [7, 11) is 1.38. The van der Waals surface area contributed by atoms with Crippen molar-refractivity contribution in [1.29, 1.82) is 0 Å². The second kappa shape index (κ2) is 8.84. The second-order valence-corrected chi connectivity index (χ2v) is 8.38. The maximum absolute atomic E-state index is 12.0. The highest BCUT2D eigenvalue weighted by atomic mass is 127. The van der Waals surface area contributed by atoms with Crippen LogP contribution in [0.2, 0.25) is 0 Å². The summed E-state index contributed by atoms with van der Waals surface area (Å²) in [4.78, 5) is 4.45. The molecule has 0 aliphatic heterocycles. The fraction of sp³-hybridized carbons (Fsp3) is 0.533.